The number of thiocarbonyl (C=S) groups is 1. The molecule has 1 fully saturated rings. The molecule has 0 saturated heterocycles. The van der Waals surface area contributed by atoms with Gasteiger partial charge in [-0.25, -0.2) is 0 Å². The van der Waals surface area contributed by atoms with Crippen molar-refractivity contribution in [2.75, 3.05) is 0 Å². The molecule has 6 heteroatoms. The summed E-state index contributed by atoms with van der Waals surface area (Å²) in [5, 5.41) is 3.75. The highest BCUT2D eigenvalue weighted by atomic mass is 79.9. The Balaban J connectivity index is 1.81. The van der Waals surface area contributed by atoms with E-state index in [4.69, 9.17) is 12.2 Å². The molecular formula is C15H20BrN3OS. The Hall–Kier alpha value is -1.14. The minimum Gasteiger partial charge on any atom is -0.358 e. The first-order chi connectivity index (χ1) is 10.1. The number of nitrogens with one attached hydrogen (secondary N) is 3. The molecule has 2 rings (SSSR count). The summed E-state index contributed by atoms with van der Waals surface area (Å²) in [5.41, 5.74) is 5.97. The topological polar surface area (TPSA) is 53.2 Å². The zero-order valence-electron chi connectivity index (χ0n) is 12.0. The van der Waals surface area contributed by atoms with Gasteiger partial charge in [-0.1, -0.05) is 31.9 Å². The van der Waals surface area contributed by atoms with Crippen molar-refractivity contribution >= 4 is 39.2 Å². The Labute approximate surface area is 139 Å². The summed E-state index contributed by atoms with van der Waals surface area (Å²) in [6, 6.07) is 7.65. The van der Waals surface area contributed by atoms with Gasteiger partial charge in [-0.3, -0.25) is 15.6 Å². The largest absolute Gasteiger partial charge is 0.358 e. The van der Waals surface area contributed by atoms with Gasteiger partial charge in [0, 0.05) is 10.5 Å². The van der Waals surface area contributed by atoms with Crippen molar-refractivity contribution in [1.29, 1.82) is 0 Å². The van der Waals surface area contributed by atoms with Gasteiger partial charge in [-0.05, 0) is 59.0 Å². The molecule has 0 radical (unpaired) electrons. The maximum Gasteiger partial charge on any atom is 0.270 e. The quantitative estimate of drug-likeness (QED) is 0.553. The van der Waals surface area contributed by atoms with Gasteiger partial charge >= 0.3 is 0 Å². The van der Waals surface area contributed by atoms with Crippen LogP contribution in [0.3, 0.4) is 0 Å². The van der Waals surface area contributed by atoms with E-state index in [0.717, 1.165) is 10.9 Å². The molecule has 0 aliphatic heterocycles. The zero-order valence-corrected chi connectivity index (χ0v) is 14.4. The minimum atomic E-state index is -0.219. The fourth-order valence-corrected chi connectivity index (χ4v) is 3.23. The molecule has 0 aromatic heterocycles. The van der Waals surface area contributed by atoms with Crippen LogP contribution in [0.4, 0.5) is 0 Å². The molecule has 0 unspecified atom stereocenters. The van der Waals surface area contributed by atoms with E-state index >= 15 is 0 Å². The summed E-state index contributed by atoms with van der Waals surface area (Å²) in [4.78, 5) is 12.0. The van der Waals surface area contributed by atoms with Gasteiger partial charge in [0.05, 0.1) is 5.56 Å². The number of benzene rings is 1. The summed E-state index contributed by atoms with van der Waals surface area (Å²) < 4.78 is 0.754. The molecule has 0 heterocycles. The molecular weight excluding hydrogens is 350 g/mol. The van der Waals surface area contributed by atoms with E-state index in [2.05, 4.69) is 39.0 Å². The van der Waals surface area contributed by atoms with Gasteiger partial charge in [-0.15, -0.1) is 0 Å². The monoisotopic (exact) mass is 369 g/mol. The summed E-state index contributed by atoms with van der Waals surface area (Å²) in [6.45, 7) is 2.24. The van der Waals surface area contributed by atoms with Crippen LogP contribution in [0.25, 0.3) is 0 Å². The Morgan fingerprint density at radius 3 is 2.67 bits per heavy atom. The molecule has 1 aromatic carbocycles. The lowest BCUT2D eigenvalue weighted by molar-refractivity contribution is 0.0942. The summed E-state index contributed by atoms with van der Waals surface area (Å²) >= 11 is 8.59. The highest BCUT2D eigenvalue weighted by Crippen LogP contribution is 2.23. The normalized spacial score (nSPS) is 21.4. The van der Waals surface area contributed by atoms with E-state index in [9.17, 15) is 4.79 Å². The van der Waals surface area contributed by atoms with Gasteiger partial charge in [0.25, 0.3) is 5.91 Å². The Morgan fingerprint density at radius 1 is 1.24 bits per heavy atom. The lowest BCUT2D eigenvalue weighted by Crippen LogP contribution is -2.51. The van der Waals surface area contributed by atoms with Gasteiger partial charge in [0.2, 0.25) is 0 Å². The standard InChI is InChI=1S/C15H20BrN3OS/c1-10-6-2-5-9-13(10)17-15(21)19-18-14(20)11-7-3-4-8-12(11)16/h3-4,7-8,10,13H,2,5-6,9H2,1H3,(H,18,20)(H2,17,19,21)/t10-,13-/m1/s1. The Morgan fingerprint density at radius 2 is 1.95 bits per heavy atom. The molecule has 1 saturated carbocycles. The van der Waals surface area contributed by atoms with Crippen molar-refractivity contribution < 1.29 is 4.79 Å². The molecule has 114 valence electrons. The second-order valence-corrected chi connectivity index (χ2v) is 6.66. The lowest BCUT2D eigenvalue weighted by Gasteiger charge is -2.30. The first kappa shape index (κ1) is 16.2. The molecule has 1 aliphatic carbocycles. The molecule has 1 aliphatic rings. The Kier molecular flexibility index (Phi) is 5.99. The SMILES string of the molecule is C[C@@H]1CCCC[C@H]1NC(=S)NNC(=O)c1ccccc1Br. The highest BCUT2D eigenvalue weighted by molar-refractivity contribution is 9.10. The fourth-order valence-electron chi connectivity index (χ4n) is 2.56. The van der Waals surface area contributed by atoms with E-state index in [1.807, 2.05) is 18.2 Å². The molecule has 4 nitrogen and oxygen atoms in total. The molecule has 1 aromatic rings. The van der Waals surface area contributed by atoms with Gasteiger partial charge in [0.1, 0.15) is 0 Å². The number of hydrogen-bond donors (Lipinski definition) is 3. The zero-order chi connectivity index (χ0) is 15.2. The van der Waals surface area contributed by atoms with Gasteiger partial charge < -0.3 is 5.32 Å². The summed E-state index contributed by atoms with van der Waals surface area (Å²) in [5.74, 6) is 0.390. The summed E-state index contributed by atoms with van der Waals surface area (Å²) in [7, 11) is 0. The number of rotatable bonds is 2. The molecule has 0 bridgehead atoms. The third-order valence-electron chi connectivity index (χ3n) is 3.84. The molecule has 3 N–H and O–H groups in total. The maximum absolute atomic E-state index is 12.0. The average Bonchev–Trinajstić information content (AvgIpc) is 2.48. The van der Waals surface area contributed by atoms with Gasteiger partial charge in [-0.2, -0.15) is 0 Å². The smallest absolute Gasteiger partial charge is 0.270 e. The van der Waals surface area contributed by atoms with E-state index < -0.39 is 0 Å². The van der Waals surface area contributed by atoms with Crippen molar-refractivity contribution in [3.8, 4) is 0 Å². The number of halogens is 1. The third kappa shape index (κ3) is 4.68. The number of hydrazine groups is 1. The minimum absolute atomic E-state index is 0.219. The van der Waals surface area contributed by atoms with E-state index in [-0.39, 0.29) is 5.91 Å². The van der Waals surface area contributed by atoms with Crippen LogP contribution in [0.1, 0.15) is 43.0 Å². The predicted molar refractivity (Wildman–Crippen MR) is 91.9 cm³/mol. The predicted octanol–water partition coefficient (Wildman–Crippen LogP) is 3.14. The second kappa shape index (κ2) is 7.75. The number of carbonyl (C=O) groups is 1. The molecule has 0 spiro atoms. The first-order valence-corrected chi connectivity index (χ1v) is 8.39. The molecule has 1 amide bonds. The van der Waals surface area contributed by atoms with Crippen LogP contribution in [0.2, 0.25) is 0 Å². The van der Waals surface area contributed by atoms with Crippen LogP contribution >= 0.6 is 28.1 Å². The van der Waals surface area contributed by atoms with Crippen LogP contribution in [0.5, 0.6) is 0 Å². The van der Waals surface area contributed by atoms with Crippen LogP contribution in [0, 0.1) is 5.92 Å². The fraction of sp³-hybridized carbons (Fsp3) is 0.467. The van der Waals surface area contributed by atoms with Crippen molar-refractivity contribution in [2.45, 2.75) is 38.6 Å². The Bertz CT molecular complexity index is 523. The van der Waals surface area contributed by atoms with Crippen LogP contribution in [-0.4, -0.2) is 17.1 Å². The summed E-state index contributed by atoms with van der Waals surface area (Å²) in [6.07, 6.45) is 4.87. The third-order valence-corrected chi connectivity index (χ3v) is 4.75. The van der Waals surface area contributed by atoms with E-state index in [1.54, 1.807) is 6.07 Å². The molecule has 2 atom stereocenters. The molecule has 21 heavy (non-hydrogen) atoms. The van der Waals surface area contributed by atoms with E-state index in [1.165, 1.54) is 19.3 Å². The van der Waals surface area contributed by atoms with Crippen LogP contribution < -0.4 is 16.2 Å². The van der Waals surface area contributed by atoms with Crippen molar-refractivity contribution in [3.63, 3.8) is 0 Å². The lowest BCUT2D eigenvalue weighted by atomic mass is 9.86. The van der Waals surface area contributed by atoms with Gasteiger partial charge in [0.15, 0.2) is 5.11 Å². The highest BCUT2D eigenvalue weighted by Gasteiger charge is 2.21. The van der Waals surface area contributed by atoms with Crippen molar-refractivity contribution in [3.05, 3.63) is 34.3 Å². The number of amides is 1. The van der Waals surface area contributed by atoms with Crippen LogP contribution in [0.15, 0.2) is 28.7 Å². The average molecular weight is 370 g/mol. The maximum atomic E-state index is 12.0. The van der Waals surface area contributed by atoms with Crippen LogP contribution in [-0.2, 0) is 0 Å². The van der Waals surface area contributed by atoms with Crippen molar-refractivity contribution in [1.82, 2.24) is 16.2 Å². The number of hydrogen-bond acceptors (Lipinski definition) is 2. The van der Waals surface area contributed by atoms with Crippen molar-refractivity contribution in [2.24, 2.45) is 5.92 Å². The second-order valence-electron chi connectivity index (χ2n) is 5.40. The first-order valence-electron chi connectivity index (χ1n) is 7.19. The van der Waals surface area contributed by atoms with E-state index in [0.29, 0.717) is 22.6 Å². The number of carbonyl (C=O) groups excluding carboxylic acids is 1.